The molecule has 9 heteroatoms. The lowest BCUT2D eigenvalue weighted by molar-refractivity contribution is -0.146. The lowest BCUT2D eigenvalue weighted by Gasteiger charge is -2.22. The molecular formula is C18H18F3N5O. The Morgan fingerprint density at radius 3 is 2.63 bits per heavy atom. The van der Waals surface area contributed by atoms with Gasteiger partial charge in [-0.1, -0.05) is 6.92 Å². The van der Waals surface area contributed by atoms with E-state index >= 15 is 0 Å². The highest BCUT2D eigenvalue weighted by molar-refractivity contribution is 5.47. The summed E-state index contributed by atoms with van der Waals surface area (Å²) in [5, 5.41) is 11.0. The van der Waals surface area contributed by atoms with Crippen molar-refractivity contribution in [1.82, 2.24) is 19.8 Å². The second kappa shape index (κ2) is 5.71. The van der Waals surface area contributed by atoms with Crippen molar-refractivity contribution in [3.63, 3.8) is 0 Å². The molecule has 2 aliphatic rings. The van der Waals surface area contributed by atoms with Crippen LogP contribution in [0, 0.1) is 5.92 Å². The van der Waals surface area contributed by atoms with Crippen LogP contribution in [-0.2, 0) is 12.7 Å². The van der Waals surface area contributed by atoms with Crippen molar-refractivity contribution in [2.75, 3.05) is 4.90 Å². The molecule has 3 heterocycles. The van der Waals surface area contributed by atoms with Gasteiger partial charge in [0.15, 0.2) is 5.65 Å². The van der Waals surface area contributed by atoms with Crippen LogP contribution in [0.4, 0.5) is 19.0 Å². The fourth-order valence-electron chi connectivity index (χ4n) is 3.46. The van der Waals surface area contributed by atoms with Gasteiger partial charge in [-0.2, -0.15) is 17.7 Å². The molecule has 0 N–H and O–H groups in total. The molecule has 0 unspecified atom stereocenters. The number of hydrogen-bond acceptors (Lipinski definition) is 5. The van der Waals surface area contributed by atoms with E-state index in [1.807, 2.05) is 17.0 Å². The quantitative estimate of drug-likeness (QED) is 0.672. The molecule has 0 spiro atoms. The third-order valence-corrected chi connectivity index (χ3v) is 5.27. The number of hydrogen-bond donors (Lipinski definition) is 0. The molecule has 0 radical (unpaired) electrons. The van der Waals surface area contributed by atoms with Gasteiger partial charge < -0.3 is 9.32 Å². The standard InChI is InChI=1S/C18H18F3N5O/c1-10-8-13(10)14-5-4-12(27-14)9-25(11-2-3-11)16-7-6-15-22-23-17(18(19,20)21)26(15)24-16/h4-7,10-11,13H,2-3,8-9H2,1H3/t10-,13+/m0/s1. The van der Waals surface area contributed by atoms with Gasteiger partial charge in [0.2, 0.25) is 0 Å². The third kappa shape index (κ3) is 3.04. The lowest BCUT2D eigenvalue weighted by atomic mass is 10.3. The fraction of sp³-hybridized carbons (Fsp3) is 0.500. The molecule has 3 aromatic heterocycles. The second-order valence-electron chi connectivity index (χ2n) is 7.47. The first-order chi connectivity index (χ1) is 12.9. The summed E-state index contributed by atoms with van der Waals surface area (Å²) in [6.45, 7) is 2.67. The van der Waals surface area contributed by atoms with Crippen molar-refractivity contribution in [1.29, 1.82) is 0 Å². The van der Waals surface area contributed by atoms with Crippen molar-refractivity contribution in [2.24, 2.45) is 5.92 Å². The number of halogens is 3. The van der Waals surface area contributed by atoms with Gasteiger partial charge in [-0.05, 0) is 49.4 Å². The van der Waals surface area contributed by atoms with Crippen LogP contribution in [0.2, 0.25) is 0 Å². The van der Waals surface area contributed by atoms with E-state index in [1.54, 1.807) is 6.07 Å². The number of rotatable bonds is 5. The van der Waals surface area contributed by atoms with Gasteiger partial charge in [-0.3, -0.25) is 0 Å². The molecule has 27 heavy (non-hydrogen) atoms. The molecule has 0 aliphatic heterocycles. The Balaban J connectivity index is 1.46. The molecular weight excluding hydrogens is 359 g/mol. The van der Waals surface area contributed by atoms with E-state index in [1.165, 1.54) is 6.07 Å². The number of alkyl halides is 3. The maximum Gasteiger partial charge on any atom is 0.453 e. The maximum atomic E-state index is 13.1. The molecule has 2 aliphatic carbocycles. The zero-order valence-corrected chi connectivity index (χ0v) is 14.6. The zero-order valence-electron chi connectivity index (χ0n) is 14.6. The Morgan fingerprint density at radius 1 is 1.19 bits per heavy atom. The van der Waals surface area contributed by atoms with Gasteiger partial charge >= 0.3 is 6.18 Å². The third-order valence-electron chi connectivity index (χ3n) is 5.27. The summed E-state index contributed by atoms with van der Waals surface area (Å²) in [5.41, 5.74) is 0.0739. The van der Waals surface area contributed by atoms with E-state index in [9.17, 15) is 13.2 Å². The summed E-state index contributed by atoms with van der Waals surface area (Å²) >= 11 is 0. The monoisotopic (exact) mass is 377 g/mol. The van der Waals surface area contributed by atoms with Crippen molar-refractivity contribution < 1.29 is 17.6 Å². The first kappa shape index (κ1) is 16.6. The summed E-state index contributed by atoms with van der Waals surface area (Å²) < 4.78 is 46.1. The molecule has 6 nitrogen and oxygen atoms in total. The lowest BCUT2D eigenvalue weighted by Crippen LogP contribution is -2.26. The molecule has 0 bridgehead atoms. The van der Waals surface area contributed by atoms with Crippen molar-refractivity contribution in [3.8, 4) is 0 Å². The highest BCUT2D eigenvalue weighted by Gasteiger charge is 2.39. The predicted molar refractivity (Wildman–Crippen MR) is 90.2 cm³/mol. The number of anilines is 1. The van der Waals surface area contributed by atoms with Crippen molar-refractivity contribution in [3.05, 3.63) is 41.6 Å². The minimum absolute atomic E-state index is 0.0739. The number of fused-ring (bicyclic) bond motifs is 1. The summed E-state index contributed by atoms with van der Waals surface area (Å²) in [5.74, 6) is 2.30. The SMILES string of the molecule is C[C@H]1C[C@H]1c1ccc(CN(c2ccc3nnc(C(F)(F)F)n3n2)C2CC2)o1. The van der Waals surface area contributed by atoms with E-state index in [4.69, 9.17) is 4.42 Å². The molecule has 2 saturated carbocycles. The second-order valence-corrected chi connectivity index (χ2v) is 7.47. The number of furan rings is 1. The van der Waals surface area contributed by atoms with Crippen LogP contribution in [0.15, 0.2) is 28.7 Å². The van der Waals surface area contributed by atoms with E-state index in [2.05, 4.69) is 22.2 Å². The summed E-state index contributed by atoms with van der Waals surface area (Å²) in [4.78, 5) is 2.00. The Labute approximate surface area is 153 Å². The summed E-state index contributed by atoms with van der Waals surface area (Å²) in [7, 11) is 0. The van der Waals surface area contributed by atoms with Gasteiger partial charge in [0.25, 0.3) is 5.82 Å². The van der Waals surface area contributed by atoms with Crippen LogP contribution in [0.1, 0.15) is 49.4 Å². The smallest absolute Gasteiger partial charge is 0.453 e. The molecule has 0 aromatic carbocycles. The summed E-state index contributed by atoms with van der Waals surface area (Å²) in [6, 6.07) is 7.42. The Kier molecular flexibility index (Phi) is 3.50. The van der Waals surface area contributed by atoms with Gasteiger partial charge in [-0.15, -0.1) is 15.3 Å². The van der Waals surface area contributed by atoms with Gasteiger partial charge in [0, 0.05) is 12.0 Å². The van der Waals surface area contributed by atoms with E-state index in [0.717, 1.165) is 35.3 Å². The molecule has 2 atom stereocenters. The van der Waals surface area contributed by atoms with Crippen molar-refractivity contribution in [2.45, 2.75) is 50.9 Å². The first-order valence-corrected chi connectivity index (χ1v) is 9.05. The normalized spacial score (nSPS) is 22.4. The average molecular weight is 377 g/mol. The Hall–Kier alpha value is -2.58. The number of aromatic nitrogens is 4. The molecule has 142 valence electrons. The molecule has 0 saturated heterocycles. The average Bonchev–Trinajstić information content (AvgIpc) is 3.49. The Morgan fingerprint density at radius 2 is 1.96 bits per heavy atom. The minimum atomic E-state index is -4.60. The minimum Gasteiger partial charge on any atom is -0.464 e. The zero-order chi connectivity index (χ0) is 18.8. The summed E-state index contributed by atoms with van der Waals surface area (Å²) in [6.07, 6.45) is -1.49. The predicted octanol–water partition coefficient (Wildman–Crippen LogP) is 4.03. The highest BCUT2D eigenvalue weighted by atomic mass is 19.4. The molecule has 0 amide bonds. The number of nitrogens with zero attached hydrogens (tertiary/aromatic N) is 5. The van der Waals surface area contributed by atoms with Crippen LogP contribution in [0.5, 0.6) is 0 Å². The van der Waals surface area contributed by atoms with Crippen LogP contribution >= 0.6 is 0 Å². The maximum absolute atomic E-state index is 13.1. The highest BCUT2D eigenvalue weighted by Crippen LogP contribution is 2.47. The van der Waals surface area contributed by atoms with Crippen LogP contribution in [0.3, 0.4) is 0 Å². The van der Waals surface area contributed by atoms with E-state index in [-0.39, 0.29) is 11.7 Å². The van der Waals surface area contributed by atoms with E-state index in [0.29, 0.717) is 24.2 Å². The molecule has 5 rings (SSSR count). The van der Waals surface area contributed by atoms with Crippen LogP contribution < -0.4 is 4.90 Å². The van der Waals surface area contributed by atoms with Gasteiger partial charge in [-0.25, -0.2) is 0 Å². The van der Waals surface area contributed by atoms with E-state index < -0.39 is 12.0 Å². The van der Waals surface area contributed by atoms with Crippen LogP contribution in [-0.4, -0.2) is 25.9 Å². The first-order valence-electron chi connectivity index (χ1n) is 9.05. The fourth-order valence-corrected chi connectivity index (χ4v) is 3.46. The molecule has 3 aromatic rings. The van der Waals surface area contributed by atoms with Gasteiger partial charge in [0.1, 0.15) is 17.3 Å². The van der Waals surface area contributed by atoms with Gasteiger partial charge in [0.05, 0.1) is 6.54 Å². The largest absolute Gasteiger partial charge is 0.464 e. The van der Waals surface area contributed by atoms with Crippen molar-refractivity contribution >= 4 is 11.5 Å². The topological polar surface area (TPSA) is 59.5 Å². The Bertz CT molecular complexity index is 990. The van der Waals surface area contributed by atoms with Crippen LogP contribution in [0.25, 0.3) is 5.65 Å². The molecule has 2 fully saturated rings.